The predicted molar refractivity (Wildman–Crippen MR) is 92.4 cm³/mol. The lowest BCUT2D eigenvalue weighted by atomic mass is 9.82. The highest BCUT2D eigenvalue weighted by molar-refractivity contribution is 5.68. The van der Waals surface area contributed by atoms with Crippen LogP contribution >= 0.6 is 0 Å². The molecule has 2 bridgehead atoms. The van der Waals surface area contributed by atoms with E-state index in [1.165, 1.54) is 24.1 Å². The molecule has 2 aliphatic rings. The maximum Gasteiger partial charge on any atom is 0.126 e. The maximum absolute atomic E-state index is 13.6. The summed E-state index contributed by atoms with van der Waals surface area (Å²) >= 11 is 0. The number of piperidine rings is 1. The minimum absolute atomic E-state index is 0.360. The second-order valence-corrected chi connectivity index (χ2v) is 6.86. The maximum atomic E-state index is 13.6. The third-order valence-corrected chi connectivity index (χ3v) is 5.22. The molecule has 2 aromatic rings. The zero-order valence-corrected chi connectivity index (χ0v) is 13.6. The number of hydrogen-bond donors (Lipinski definition) is 0. The summed E-state index contributed by atoms with van der Waals surface area (Å²) in [5.74, 6) is -0.995. The fourth-order valence-electron chi connectivity index (χ4n) is 4.11. The molecule has 2 aliphatic heterocycles. The van der Waals surface area contributed by atoms with Crippen molar-refractivity contribution in [2.24, 2.45) is 0 Å². The van der Waals surface area contributed by atoms with E-state index in [2.05, 4.69) is 35.2 Å². The molecule has 0 amide bonds. The van der Waals surface area contributed by atoms with Crippen molar-refractivity contribution in [2.45, 2.75) is 44.3 Å². The number of hydrogen-bond acceptors (Lipinski definition) is 1. The smallest absolute Gasteiger partial charge is 0.126 e. The van der Waals surface area contributed by atoms with Crippen LogP contribution in [0.4, 0.5) is 8.78 Å². The van der Waals surface area contributed by atoms with E-state index in [4.69, 9.17) is 0 Å². The van der Waals surface area contributed by atoms with Crippen LogP contribution in [0.25, 0.3) is 5.57 Å². The average molecular weight is 325 g/mol. The van der Waals surface area contributed by atoms with E-state index in [0.29, 0.717) is 17.6 Å². The second-order valence-electron chi connectivity index (χ2n) is 6.86. The summed E-state index contributed by atoms with van der Waals surface area (Å²) in [5, 5.41) is 0. The molecule has 4 rings (SSSR count). The number of halogens is 2. The third-order valence-electron chi connectivity index (χ3n) is 5.22. The van der Waals surface area contributed by atoms with E-state index in [1.54, 1.807) is 0 Å². The van der Waals surface area contributed by atoms with Gasteiger partial charge in [-0.3, -0.25) is 4.90 Å². The van der Waals surface area contributed by atoms with Crippen molar-refractivity contribution >= 4 is 5.57 Å². The Labute approximate surface area is 141 Å². The lowest BCUT2D eigenvalue weighted by molar-refractivity contribution is 0.0951. The summed E-state index contributed by atoms with van der Waals surface area (Å²) in [5.41, 5.74) is 3.11. The molecule has 2 aromatic carbocycles. The summed E-state index contributed by atoms with van der Waals surface area (Å²) < 4.78 is 27.1. The van der Waals surface area contributed by atoms with Gasteiger partial charge in [-0.05, 0) is 48.1 Å². The molecule has 24 heavy (non-hydrogen) atoms. The lowest BCUT2D eigenvalue weighted by Crippen LogP contribution is -2.47. The third kappa shape index (κ3) is 3.13. The van der Waals surface area contributed by atoms with Crippen LogP contribution in [0.3, 0.4) is 0 Å². The van der Waals surface area contributed by atoms with Gasteiger partial charge in [0.25, 0.3) is 0 Å². The molecular weight excluding hydrogens is 304 g/mol. The van der Waals surface area contributed by atoms with Crippen LogP contribution in [0.1, 0.15) is 36.8 Å². The van der Waals surface area contributed by atoms with Crippen molar-refractivity contribution in [3.63, 3.8) is 0 Å². The molecule has 0 saturated carbocycles. The molecular formula is C21H21F2N. The summed E-state index contributed by atoms with van der Waals surface area (Å²) in [6, 6.07) is 15.2. The molecule has 1 fully saturated rings. The van der Waals surface area contributed by atoms with Crippen molar-refractivity contribution < 1.29 is 8.78 Å². The minimum Gasteiger partial charge on any atom is -0.289 e. The Bertz CT molecular complexity index is 733. The highest BCUT2D eigenvalue weighted by atomic mass is 19.1. The molecule has 2 unspecified atom stereocenters. The Morgan fingerprint density at radius 3 is 2.42 bits per heavy atom. The van der Waals surface area contributed by atoms with Gasteiger partial charge < -0.3 is 0 Å². The Balaban J connectivity index is 1.62. The summed E-state index contributed by atoms with van der Waals surface area (Å²) in [7, 11) is 0. The topological polar surface area (TPSA) is 3.24 Å². The highest BCUT2D eigenvalue weighted by Gasteiger charge is 2.34. The molecule has 0 spiro atoms. The molecule has 3 heteroatoms. The van der Waals surface area contributed by atoms with Gasteiger partial charge >= 0.3 is 0 Å². The van der Waals surface area contributed by atoms with Crippen LogP contribution in [0.5, 0.6) is 0 Å². The fraction of sp³-hybridized carbons (Fsp3) is 0.333. The van der Waals surface area contributed by atoms with E-state index in [-0.39, 0.29) is 0 Å². The SMILES string of the molecule is Fc1cc(F)cc(C2=CC3CCCC(C2)N3Cc2ccccc2)c1. The average Bonchev–Trinajstić information content (AvgIpc) is 2.54. The standard InChI is InChI=1S/C21H21F2N/c22-18-9-16(10-19(23)13-18)17-11-20-7-4-8-21(12-17)24(20)14-15-5-2-1-3-6-15/h1-3,5-6,9-11,13,20-21H,4,7-8,12,14H2. The number of benzene rings is 2. The van der Waals surface area contributed by atoms with Gasteiger partial charge in [-0.1, -0.05) is 42.8 Å². The van der Waals surface area contributed by atoms with Gasteiger partial charge in [0.05, 0.1) is 0 Å². The Kier molecular flexibility index (Phi) is 4.19. The Morgan fingerprint density at radius 1 is 0.958 bits per heavy atom. The van der Waals surface area contributed by atoms with Crippen LogP contribution in [0.15, 0.2) is 54.6 Å². The molecule has 2 atom stereocenters. The Hall–Kier alpha value is -2.00. The lowest BCUT2D eigenvalue weighted by Gasteiger charge is -2.45. The number of rotatable bonds is 3. The van der Waals surface area contributed by atoms with Gasteiger partial charge in [0.2, 0.25) is 0 Å². The summed E-state index contributed by atoms with van der Waals surface area (Å²) in [6.07, 6.45) is 6.59. The van der Waals surface area contributed by atoms with Gasteiger partial charge in [-0.2, -0.15) is 0 Å². The minimum atomic E-state index is -0.497. The first-order chi connectivity index (χ1) is 11.7. The second kappa shape index (κ2) is 6.48. The Morgan fingerprint density at radius 2 is 1.71 bits per heavy atom. The largest absolute Gasteiger partial charge is 0.289 e. The fourth-order valence-corrected chi connectivity index (χ4v) is 4.11. The first-order valence-electron chi connectivity index (χ1n) is 8.66. The van der Waals surface area contributed by atoms with E-state index >= 15 is 0 Å². The zero-order chi connectivity index (χ0) is 16.5. The molecule has 1 saturated heterocycles. The van der Waals surface area contributed by atoms with Crippen LogP contribution in [0.2, 0.25) is 0 Å². The predicted octanol–water partition coefficient (Wildman–Crippen LogP) is 5.18. The van der Waals surface area contributed by atoms with E-state index in [0.717, 1.165) is 37.4 Å². The molecule has 0 aliphatic carbocycles. The first-order valence-corrected chi connectivity index (χ1v) is 8.66. The van der Waals surface area contributed by atoms with Crippen LogP contribution in [0, 0.1) is 11.6 Å². The van der Waals surface area contributed by atoms with Crippen molar-refractivity contribution in [1.29, 1.82) is 0 Å². The van der Waals surface area contributed by atoms with Crippen LogP contribution in [-0.4, -0.2) is 17.0 Å². The quantitative estimate of drug-likeness (QED) is 0.752. The highest BCUT2D eigenvalue weighted by Crippen LogP contribution is 2.38. The number of nitrogens with zero attached hydrogens (tertiary/aromatic N) is 1. The van der Waals surface area contributed by atoms with Crippen molar-refractivity contribution in [3.8, 4) is 0 Å². The molecule has 1 nitrogen and oxygen atoms in total. The summed E-state index contributed by atoms with van der Waals surface area (Å²) in [4.78, 5) is 2.55. The van der Waals surface area contributed by atoms with Crippen molar-refractivity contribution in [3.05, 3.63) is 77.4 Å². The van der Waals surface area contributed by atoms with E-state index < -0.39 is 11.6 Å². The molecule has 2 heterocycles. The molecule has 0 radical (unpaired) electrons. The van der Waals surface area contributed by atoms with Gasteiger partial charge in [0.15, 0.2) is 0 Å². The summed E-state index contributed by atoms with van der Waals surface area (Å²) in [6.45, 7) is 0.942. The van der Waals surface area contributed by atoms with Gasteiger partial charge in [0, 0.05) is 24.7 Å². The van der Waals surface area contributed by atoms with E-state index in [9.17, 15) is 8.78 Å². The molecule has 0 N–H and O–H groups in total. The first kappa shape index (κ1) is 15.5. The monoisotopic (exact) mass is 325 g/mol. The van der Waals surface area contributed by atoms with Crippen molar-refractivity contribution in [2.75, 3.05) is 0 Å². The van der Waals surface area contributed by atoms with Gasteiger partial charge in [0.1, 0.15) is 11.6 Å². The zero-order valence-electron chi connectivity index (χ0n) is 13.6. The number of fused-ring (bicyclic) bond motifs is 2. The van der Waals surface area contributed by atoms with Crippen LogP contribution in [-0.2, 0) is 6.54 Å². The normalized spacial score (nSPS) is 23.8. The van der Waals surface area contributed by atoms with Gasteiger partial charge in [-0.15, -0.1) is 0 Å². The van der Waals surface area contributed by atoms with E-state index in [1.807, 2.05) is 6.07 Å². The molecule has 0 aromatic heterocycles. The van der Waals surface area contributed by atoms with Crippen LogP contribution < -0.4 is 0 Å². The van der Waals surface area contributed by atoms with Crippen molar-refractivity contribution in [1.82, 2.24) is 4.90 Å². The molecule has 124 valence electrons. The van der Waals surface area contributed by atoms with Gasteiger partial charge in [-0.25, -0.2) is 8.78 Å².